The number of piperidine rings is 1. The lowest BCUT2D eigenvalue weighted by Gasteiger charge is -2.34. The smallest absolute Gasteiger partial charge is 0.410 e. The second kappa shape index (κ2) is 4.14. The van der Waals surface area contributed by atoms with Gasteiger partial charge in [0.2, 0.25) is 0 Å². The molecule has 2 saturated heterocycles. The van der Waals surface area contributed by atoms with Gasteiger partial charge >= 0.3 is 12.1 Å². The molecule has 2 aliphatic heterocycles. The zero-order valence-electron chi connectivity index (χ0n) is 10.8. The van der Waals surface area contributed by atoms with E-state index in [1.165, 1.54) is 6.92 Å². The van der Waals surface area contributed by atoms with Gasteiger partial charge in [0.15, 0.2) is 6.10 Å². The van der Waals surface area contributed by atoms with Crippen LogP contribution in [0.15, 0.2) is 0 Å². The third kappa shape index (κ3) is 1.52. The van der Waals surface area contributed by atoms with Crippen LogP contribution in [-0.2, 0) is 14.3 Å². The van der Waals surface area contributed by atoms with E-state index in [1.807, 2.05) is 4.90 Å². The van der Waals surface area contributed by atoms with E-state index in [4.69, 9.17) is 9.47 Å². The standard InChI is InChI=1S/C13H19NO4/c1-3-8-9-5-4-6-14-10(9)12(18-13(14)16)11(8)17-7(2)15/h8-12H,3-6H2,1-2H3/t8?,9?,10-,11-,12-/m0/s1. The molecule has 0 radical (unpaired) electrons. The molecule has 3 fully saturated rings. The van der Waals surface area contributed by atoms with E-state index in [1.54, 1.807) is 0 Å². The molecule has 1 amide bonds. The maximum Gasteiger partial charge on any atom is 0.410 e. The Bertz CT molecular complexity index is 383. The van der Waals surface area contributed by atoms with Gasteiger partial charge < -0.3 is 14.4 Å². The van der Waals surface area contributed by atoms with E-state index in [2.05, 4.69) is 6.92 Å². The highest BCUT2D eigenvalue weighted by molar-refractivity contribution is 5.72. The van der Waals surface area contributed by atoms with Crippen molar-refractivity contribution < 1.29 is 19.1 Å². The van der Waals surface area contributed by atoms with Crippen molar-refractivity contribution in [3.8, 4) is 0 Å². The van der Waals surface area contributed by atoms with Crippen LogP contribution in [0, 0.1) is 11.8 Å². The molecule has 1 saturated carbocycles. The SMILES string of the molecule is CCC1C2CCCN3C(=O)O[C@H]([C@H]1OC(C)=O)[C@H]23. The summed E-state index contributed by atoms with van der Waals surface area (Å²) in [6, 6.07) is 0.126. The maximum atomic E-state index is 11.8. The normalized spacial score (nSPS) is 41.6. The van der Waals surface area contributed by atoms with Crippen LogP contribution < -0.4 is 0 Å². The van der Waals surface area contributed by atoms with Crippen molar-refractivity contribution in [2.45, 2.75) is 51.4 Å². The molecule has 1 aliphatic carbocycles. The van der Waals surface area contributed by atoms with E-state index in [0.717, 1.165) is 25.8 Å². The van der Waals surface area contributed by atoms with E-state index < -0.39 is 0 Å². The lowest BCUT2D eigenvalue weighted by atomic mass is 9.84. The number of esters is 1. The molecular formula is C13H19NO4. The first-order chi connectivity index (χ1) is 8.63. The molecule has 2 unspecified atom stereocenters. The highest BCUT2D eigenvalue weighted by Gasteiger charge is 2.61. The van der Waals surface area contributed by atoms with Gasteiger partial charge in [0.25, 0.3) is 0 Å². The highest BCUT2D eigenvalue weighted by atomic mass is 16.6. The summed E-state index contributed by atoms with van der Waals surface area (Å²) in [7, 11) is 0. The minimum atomic E-state index is -0.286. The van der Waals surface area contributed by atoms with Crippen molar-refractivity contribution in [2.75, 3.05) is 6.54 Å². The Morgan fingerprint density at radius 3 is 3.00 bits per heavy atom. The number of hydrogen-bond acceptors (Lipinski definition) is 4. The molecule has 5 nitrogen and oxygen atoms in total. The van der Waals surface area contributed by atoms with Gasteiger partial charge in [-0.1, -0.05) is 6.92 Å². The summed E-state index contributed by atoms with van der Waals surface area (Å²) in [5.74, 6) is 0.455. The van der Waals surface area contributed by atoms with Gasteiger partial charge in [0.1, 0.15) is 6.10 Å². The predicted molar refractivity (Wildman–Crippen MR) is 62.8 cm³/mol. The van der Waals surface area contributed by atoms with Crippen molar-refractivity contribution in [3.05, 3.63) is 0 Å². The van der Waals surface area contributed by atoms with Crippen LogP contribution in [-0.4, -0.2) is 41.8 Å². The Balaban J connectivity index is 1.91. The van der Waals surface area contributed by atoms with Crippen LogP contribution in [0.3, 0.4) is 0 Å². The Labute approximate surface area is 106 Å². The summed E-state index contributed by atoms with van der Waals surface area (Å²) in [5, 5.41) is 0. The molecule has 0 bridgehead atoms. The van der Waals surface area contributed by atoms with E-state index >= 15 is 0 Å². The quantitative estimate of drug-likeness (QED) is 0.701. The lowest BCUT2D eigenvalue weighted by molar-refractivity contribution is -0.153. The first-order valence-electron chi connectivity index (χ1n) is 6.78. The van der Waals surface area contributed by atoms with Crippen LogP contribution in [0.2, 0.25) is 0 Å². The second-order valence-corrected chi connectivity index (χ2v) is 5.48. The molecule has 3 rings (SSSR count). The molecule has 18 heavy (non-hydrogen) atoms. The zero-order chi connectivity index (χ0) is 12.9. The van der Waals surface area contributed by atoms with Gasteiger partial charge in [-0.05, 0) is 25.2 Å². The van der Waals surface area contributed by atoms with Crippen LogP contribution >= 0.6 is 0 Å². The van der Waals surface area contributed by atoms with Crippen LogP contribution in [0.5, 0.6) is 0 Å². The minimum Gasteiger partial charge on any atom is -0.458 e. The molecule has 0 spiro atoms. The van der Waals surface area contributed by atoms with Gasteiger partial charge in [-0.15, -0.1) is 0 Å². The minimum absolute atomic E-state index is 0.126. The van der Waals surface area contributed by atoms with Crippen LogP contribution in [0.1, 0.15) is 33.1 Å². The maximum absolute atomic E-state index is 11.8. The van der Waals surface area contributed by atoms with Gasteiger partial charge in [-0.2, -0.15) is 0 Å². The van der Waals surface area contributed by atoms with E-state index in [0.29, 0.717) is 11.8 Å². The van der Waals surface area contributed by atoms with Gasteiger partial charge in [0.05, 0.1) is 6.04 Å². The average molecular weight is 253 g/mol. The van der Waals surface area contributed by atoms with Crippen LogP contribution in [0.25, 0.3) is 0 Å². The number of nitrogens with zero attached hydrogens (tertiary/aromatic N) is 1. The molecule has 0 aromatic heterocycles. The summed E-state index contributed by atoms with van der Waals surface area (Å²) >= 11 is 0. The van der Waals surface area contributed by atoms with Crippen molar-refractivity contribution in [2.24, 2.45) is 11.8 Å². The van der Waals surface area contributed by atoms with Gasteiger partial charge in [-0.3, -0.25) is 4.79 Å². The van der Waals surface area contributed by atoms with Crippen molar-refractivity contribution in [1.82, 2.24) is 4.90 Å². The number of amides is 1. The highest BCUT2D eigenvalue weighted by Crippen LogP contribution is 2.48. The van der Waals surface area contributed by atoms with Gasteiger partial charge in [0, 0.05) is 19.4 Å². The summed E-state index contributed by atoms with van der Waals surface area (Å²) < 4.78 is 10.9. The monoisotopic (exact) mass is 253 g/mol. The Kier molecular flexibility index (Phi) is 2.72. The Morgan fingerprint density at radius 2 is 2.33 bits per heavy atom. The fraction of sp³-hybridized carbons (Fsp3) is 0.846. The Hall–Kier alpha value is -1.26. The van der Waals surface area contributed by atoms with E-state index in [9.17, 15) is 9.59 Å². The first-order valence-corrected chi connectivity index (χ1v) is 6.78. The number of ether oxygens (including phenoxy) is 2. The third-order valence-corrected chi connectivity index (χ3v) is 4.61. The number of rotatable bonds is 2. The zero-order valence-corrected chi connectivity index (χ0v) is 10.8. The fourth-order valence-electron chi connectivity index (χ4n) is 4.03. The molecular weight excluding hydrogens is 234 g/mol. The first kappa shape index (κ1) is 11.8. The van der Waals surface area contributed by atoms with E-state index in [-0.39, 0.29) is 30.3 Å². The summed E-state index contributed by atoms with van der Waals surface area (Å²) in [5.41, 5.74) is 0. The third-order valence-electron chi connectivity index (χ3n) is 4.61. The molecule has 5 heteroatoms. The summed E-state index contributed by atoms with van der Waals surface area (Å²) in [6.45, 7) is 4.31. The number of carbonyl (C=O) groups is 2. The fourth-order valence-corrected chi connectivity index (χ4v) is 4.03. The van der Waals surface area contributed by atoms with Crippen LogP contribution in [0.4, 0.5) is 4.79 Å². The lowest BCUT2D eigenvalue weighted by Crippen LogP contribution is -2.44. The predicted octanol–water partition coefficient (Wildman–Crippen LogP) is 1.56. The molecule has 100 valence electrons. The second-order valence-electron chi connectivity index (χ2n) is 5.48. The average Bonchev–Trinajstić information content (AvgIpc) is 2.80. The topological polar surface area (TPSA) is 55.8 Å². The number of carbonyl (C=O) groups excluding carboxylic acids is 2. The number of hydrogen-bond donors (Lipinski definition) is 0. The molecule has 0 aromatic carbocycles. The molecule has 5 atom stereocenters. The Morgan fingerprint density at radius 1 is 1.56 bits per heavy atom. The summed E-state index contributed by atoms with van der Waals surface area (Å²) in [4.78, 5) is 24.9. The van der Waals surface area contributed by atoms with Crippen molar-refractivity contribution in [1.29, 1.82) is 0 Å². The molecule has 2 heterocycles. The van der Waals surface area contributed by atoms with Crippen molar-refractivity contribution >= 4 is 12.1 Å². The molecule has 0 N–H and O–H groups in total. The summed E-state index contributed by atoms with van der Waals surface area (Å²) in [6.07, 6.45) is 2.34. The van der Waals surface area contributed by atoms with Crippen molar-refractivity contribution in [3.63, 3.8) is 0 Å². The van der Waals surface area contributed by atoms with Gasteiger partial charge in [-0.25, -0.2) is 4.79 Å². The molecule has 0 aromatic rings. The molecule has 3 aliphatic rings. The largest absolute Gasteiger partial charge is 0.458 e.